The Morgan fingerprint density at radius 1 is 1.32 bits per heavy atom. The molecule has 6 heteroatoms. The molecule has 0 spiro atoms. The first-order valence-corrected chi connectivity index (χ1v) is 6.10. The fourth-order valence-corrected chi connectivity index (χ4v) is 2.12. The lowest BCUT2D eigenvalue weighted by atomic mass is 10.2. The Balaban J connectivity index is 2.03. The molecular formula is C13H15N3O3. The molecule has 1 unspecified atom stereocenters. The molecule has 0 radical (unpaired) electrons. The van der Waals surface area contributed by atoms with Crippen LogP contribution in [0.15, 0.2) is 18.5 Å². The standard InChI is InChI=1S/C13H15N3O3/c1-17-11-5-10-9(13(14)16-7-15-10)4-12(11)19-8-2-3-18-6-8/h4-5,7-8H,2-3,6H2,1H3,(H2,14,15,16). The van der Waals surface area contributed by atoms with Gasteiger partial charge in [0.25, 0.3) is 0 Å². The van der Waals surface area contributed by atoms with Gasteiger partial charge in [-0.15, -0.1) is 0 Å². The number of benzene rings is 1. The van der Waals surface area contributed by atoms with Crippen molar-refractivity contribution in [2.75, 3.05) is 26.1 Å². The third-order valence-electron chi connectivity index (χ3n) is 3.13. The topological polar surface area (TPSA) is 79.5 Å². The molecule has 1 aromatic carbocycles. The van der Waals surface area contributed by atoms with Crippen LogP contribution in [0.1, 0.15) is 6.42 Å². The van der Waals surface area contributed by atoms with Crippen LogP contribution in [-0.4, -0.2) is 36.4 Å². The molecular weight excluding hydrogens is 246 g/mol. The van der Waals surface area contributed by atoms with Crippen molar-refractivity contribution < 1.29 is 14.2 Å². The van der Waals surface area contributed by atoms with Crippen molar-refractivity contribution in [3.8, 4) is 11.5 Å². The largest absolute Gasteiger partial charge is 0.493 e. The zero-order valence-electron chi connectivity index (χ0n) is 10.6. The Bertz CT molecular complexity index is 597. The third kappa shape index (κ3) is 2.26. The molecule has 2 aromatic rings. The van der Waals surface area contributed by atoms with Crippen LogP contribution < -0.4 is 15.2 Å². The zero-order valence-corrected chi connectivity index (χ0v) is 10.6. The maximum Gasteiger partial charge on any atom is 0.162 e. The molecule has 19 heavy (non-hydrogen) atoms. The van der Waals surface area contributed by atoms with Crippen LogP contribution >= 0.6 is 0 Å². The maximum absolute atomic E-state index is 5.90. The second-order valence-electron chi connectivity index (χ2n) is 4.38. The van der Waals surface area contributed by atoms with Crippen LogP contribution in [0.2, 0.25) is 0 Å². The maximum atomic E-state index is 5.90. The summed E-state index contributed by atoms with van der Waals surface area (Å²) in [6.45, 7) is 1.33. The predicted molar refractivity (Wildman–Crippen MR) is 70.4 cm³/mol. The van der Waals surface area contributed by atoms with Crippen molar-refractivity contribution in [3.05, 3.63) is 18.5 Å². The molecule has 0 aliphatic carbocycles. The fraction of sp³-hybridized carbons (Fsp3) is 0.385. The Labute approximate surface area is 110 Å². The number of rotatable bonds is 3. The van der Waals surface area contributed by atoms with E-state index in [1.165, 1.54) is 6.33 Å². The molecule has 1 atom stereocenters. The number of ether oxygens (including phenoxy) is 3. The summed E-state index contributed by atoms with van der Waals surface area (Å²) in [5.41, 5.74) is 6.59. The van der Waals surface area contributed by atoms with E-state index in [4.69, 9.17) is 19.9 Å². The summed E-state index contributed by atoms with van der Waals surface area (Å²) in [5, 5.41) is 0.761. The zero-order chi connectivity index (χ0) is 13.2. The molecule has 1 aliphatic rings. The van der Waals surface area contributed by atoms with Gasteiger partial charge in [0.05, 0.1) is 25.8 Å². The van der Waals surface area contributed by atoms with Crippen LogP contribution in [0.4, 0.5) is 5.82 Å². The summed E-state index contributed by atoms with van der Waals surface area (Å²) in [5.74, 6) is 1.71. The van der Waals surface area contributed by atoms with E-state index < -0.39 is 0 Å². The summed E-state index contributed by atoms with van der Waals surface area (Å²) in [4.78, 5) is 8.15. The van der Waals surface area contributed by atoms with Crippen molar-refractivity contribution in [2.24, 2.45) is 0 Å². The number of anilines is 1. The molecule has 0 amide bonds. The van der Waals surface area contributed by atoms with E-state index in [2.05, 4.69) is 9.97 Å². The lowest BCUT2D eigenvalue weighted by Crippen LogP contribution is -2.16. The predicted octanol–water partition coefficient (Wildman–Crippen LogP) is 1.39. The van der Waals surface area contributed by atoms with E-state index in [9.17, 15) is 0 Å². The Hall–Kier alpha value is -2.08. The number of nitrogen functional groups attached to an aromatic ring is 1. The van der Waals surface area contributed by atoms with E-state index >= 15 is 0 Å². The Morgan fingerprint density at radius 2 is 2.21 bits per heavy atom. The van der Waals surface area contributed by atoms with Crippen molar-refractivity contribution in [1.29, 1.82) is 0 Å². The minimum Gasteiger partial charge on any atom is -0.493 e. The van der Waals surface area contributed by atoms with Gasteiger partial charge in [0.2, 0.25) is 0 Å². The molecule has 1 fully saturated rings. The summed E-state index contributed by atoms with van der Waals surface area (Å²) in [6, 6.07) is 3.63. The molecule has 1 aromatic heterocycles. The highest BCUT2D eigenvalue weighted by atomic mass is 16.6. The Kier molecular flexibility index (Phi) is 3.08. The third-order valence-corrected chi connectivity index (χ3v) is 3.13. The molecule has 100 valence electrons. The fourth-order valence-electron chi connectivity index (χ4n) is 2.12. The summed E-state index contributed by atoms with van der Waals surface area (Å²) >= 11 is 0. The highest BCUT2D eigenvalue weighted by Gasteiger charge is 2.20. The average Bonchev–Trinajstić information content (AvgIpc) is 2.92. The number of methoxy groups -OCH3 is 1. The van der Waals surface area contributed by atoms with Crippen LogP contribution in [-0.2, 0) is 4.74 Å². The SMILES string of the molecule is COc1cc2ncnc(N)c2cc1OC1CCOC1. The van der Waals surface area contributed by atoms with E-state index in [1.807, 2.05) is 6.07 Å². The highest BCUT2D eigenvalue weighted by molar-refractivity contribution is 5.90. The highest BCUT2D eigenvalue weighted by Crippen LogP contribution is 2.34. The molecule has 3 rings (SSSR count). The molecule has 0 saturated carbocycles. The van der Waals surface area contributed by atoms with Gasteiger partial charge < -0.3 is 19.9 Å². The second kappa shape index (κ2) is 4.89. The van der Waals surface area contributed by atoms with Crippen molar-refractivity contribution in [1.82, 2.24) is 9.97 Å². The lowest BCUT2D eigenvalue weighted by Gasteiger charge is -2.15. The minimum atomic E-state index is 0.0530. The van der Waals surface area contributed by atoms with Crippen LogP contribution in [0.3, 0.4) is 0 Å². The number of nitrogens with zero attached hydrogens (tertiary/aromatic N) is 2. The number of aromatic nitrogens is 2. The van der Waals surface area contributed by atoms with Gasteiger partial charge in [-0.25, -0.2) is 9.97 Å². The van der Waals surface area contributed by atoms with Gasteiger partial charge in [-0.05, 0) is 6.07 Å². The number of hydrogen-bond donors (Lipinski definition) is 1. The van der Waals surface area contributed by atoms with Gasteiger partial charge in [-0.2, -0.15) is 0 Å². The van der Waals surface area contributed by atoms with E-state index in [1.54, 1.807) is 13.2 Å². The van der Waals surface area contributed by atoms with Gasteiger partial charge in [0, 0.05) is 17.9 Å². The van der Waals surface area contributed by atoms with Gasteiger partial charge in [-0.1, -0.05) is 0 Å². The first-order chi connectivity index (χ1) is 9.28. The molecule has 0 bridgehead atoms. The van der Waals surface area contributed by atoms with Gasteiger partial charge in [0.15, 0.2) is 11.5 Å². The number of fused-ring (bicyclic) bond motifs is 1. The number of hydrogen-bond acceptors (Lipinski definition) is 6. The quantitative estimate of drug-likeness (QED) is 0.899. The molecule has 6 nitrogen and oxygen atoms in total. The van der Waals surface area contributed by atoms with Crippen molar-refractivity contribution in [2.45, 2.75) is 12.5 Å². The Morgan fingerprint density at radius 3 is 2.95 bits per heavy atom. The lowest BCUT2D eigenvalue weighted by molar-refractivity contribution is 0.139. The minimum absolute atomic E-state index is 0.0530. The first-order valence-electron chi connectivity index (χ1n) is 6.10. The van der Waals surface area contributed by atoms with Crippen LogP contribution in [0.5, 0.6) is 11.5 Å². The van der Waals surface area contributed by atoms with E-state index in [0.29, 0.717) is 23.9 Å². The second-order valence-corrected chi connectivity index (χ2v) is 4.38. The van der Waals surface area contributed by atoms with Gasteiger partial charge >= 0.3 is 0 Å². The first kappa shape index (κ1) is 12.0. The molecule has 2 N–H and O–H groups in total. The van der Waals surface area contributed by atoms with Crippen LogP contribution in [0, 0.1) is 0 Å². The molecule has 1 aliphatic heterocycles. The van der Waals surface area contributed by atoms with Crippen LogP contribution in [0.25, 0.3) is 10.9 Å². The molecule has 2 heterocycles. The normalized spacial score (nSPS) is 18.7. The van der Waals surface area contributed by atoms with Gasteiger partial charge in [0.1, 0.15) is 18.2 Å². The van der Waals surface area contributed by atoms with Crippen molar-refractivity contribution in [3.63, 3.8) is 0 Å². The average molecular weight is 261 g/mol. The monoisotopic (exact) mass is 261 g/mol. The van der Waals surface area contributed by atoms with Gasteiger partial charge in [-0.3, -0.25) is 0 Å². The molecule has 1 saturated heterocycles. The summed E-state index contributed by atoms with van der Waals surface area (Å²) in [7, 11) is 1.60. The van der Waals surface area contributed by atoms with E-state index in [-0.39, 0.29) is 6.10 Å². The smallest absolute Gasteiger partial charge is 0.162 e. The number of nitrogens with two attached hydrogens (primary N) is 1. The van der Waals surface area contributed by atoms with E-state index in [0.717, 1.165) is 23.9 Å². The summed E-state index contributed by atoms with van der Waals surface area (Å²) < 4.78 is 16.5. The van der Waals surface area contributed by atoms with Crippen molar-refractivity contribution >= 4 is 16.7 Å². The summed E-state index contributed by atoms with van der Waals surface area (Å²) in [6.07, 6.45) is 2.36.